The number of nitrogens with zero attached hydrogens (tertiary/aromatic N) is 1. The summed E-state index contributed by atoms with van der Waals surface area (Å²) in [6.07, 6.45) is 5.03. The summed E-state index contributed by atoms with van der Waals surface area (Å²) in [5.74, 6) is 1.13. The molecule has 1 saturated carbocycles. The van der Waals surface area contributed by atoms with Crippen LogP contribution in [0.15, 0.2) is 91.0 Å². The molecule has 3 aromatic carbocycles. The summed E-state index contributed by atoms with van der Waals surface area (Å²) < 4.78 is 0. The van der Waals surface area contributed by atoms with Gasteiger partial charge < -0.3 is 0 Å². The number of hydrogen-bond acceptors (Lipinski definition) is 2. The van der Waals surface area contributed by atoms with Crippen LogP contribution in [0.4, 0.5) is 0 Å². The van der Waals surface area contributed by atoms with Crippen molar-refractivity contribution in [3.05, 3.63) is 108 Å². The predicted octanol–water partition coefficient (Wildman–Crippen LogP) is 6.34. The van der Waals surface area contributed by atoms with Crippen LogP contribution in [-0.4, -0.2) is 23.3 Å². The maximum Gasteiger partial charge on any atom is 0.167 e. The molecule has 1 aliphatic carbocycles. The van der Waals surface area contributed by atoms with Crippen LogP contribution in [0.5, 0.6) is 0 Å². The summed E-state index contributed by atoms with van der Waals surface area (Å²) in [5.41, 5.74) is 3.53. The first-order valence-electron chi connectivity index (χ1n) is 11.7. The van der Waals surface area contributed by atoms with Gasteiger partial charge in [-0.3, -0.25) is 9.69 Å². The largest absolute Gasteiger partial charge is 0.295 e. The van der Waals surface area contributed by atoms with Gasteiger partial charge in [-0.05, 0) is 35.8 Å². The fraction of sp³-hybridized carbons (Fsp3) is 0.345. The SMILES string of the molecule is O=C(c1ccccc1)[C@@H]1CN(Cc2ccccc2)[C@H]2CCCC[C@@H]2[C@H]1c1ccccc1. The standard InChI is InChI=1S/C29H31NO/c31-29(24-16-8-3-9-17-24)26-21-30(20-22-12-4-1-5-13-22)27-19-11-10-18-25(27)28(26)23-14-6-2-7-15-23/h1-9,12-17,25-28H,10-11,18-21H2/t25-,26+,27-,28+/m0/s1. The first kappa shape index (κ1) is 20.2. The lowest BCUT2D eigenvalue weighted by Gasteiger charge is -2.51. The van der Waals surface area contributed by atoms with Gasteiger partial charge in [0, 0.05) is 30.6 Å². The highest BCUT2D eigenvalue weighted by Gasteiger charge is 2.47. The number of carbonyl (C=O) groups is 1. The zero-order valence-electron chi connectivity index (χ0n) is 18.1. The van der Waals surface area contributed by atoms with E-state index in [-0.39, 0.29) is 5.92 Å². The summed E-state index contributed by atoms with van der Waals surface area (Å²) in [6.45, 7) is 1.77. The van der Waals surface area contributed by atoms with Crippen LogP contribution in [0.2, 0.25) is 0 Å². The maximum absolute atomic E-state index is 13.8. The molecule has 158 valence electrons. The van der Waals surface area contributed by atoms with Gasteiger partial charge in [-0.1, -0.05) is 104 Å². The molecule has 1 aliphatic heterocycles. The molecule has 0 bridgehead atoms. The van der Waals surface area contributed by atoms with E-state index in [1.54, 1.807) is 0 Å². The van der Waals surface area contributed by atoms with Crippen molar-refractivity contribution in [2.45, 2.75) is 44.2 Å². The number of Topliss-reactive ketones (excluding diaryl/α,β-unsaturated/α-hetero) is 1. The van der Waals surface area contributed by atoms with Crippen LogP contribution in [0.3, 0.4) is 0 Å². The molecule has 0 N–H and O–H groups in total. The van der Waals surface area contributed by atoms with E-state index in [1.165, 1.54) is 36.8 Å². The second kappa shape index (κ2) is 9.20. The Balaban J connectivity index is 1.53. The molecule has 2 nitrogen and oxygen atoms in total. The molecule has 4 atom stereocenters. The smallest absolute Gasteiger partial charge is 0.167 e. The van der Waals surface area contributed by atoms with E-state index in [9.17, 15) is 4.79 Å². The summed E-state index contributed by atoms with van der Waals surface area (Å²) in [7, 11) is 0. The molecule has 2 aliphatic rings. The first-order chi connectivity index (χ1) is 15.3. The average Bonchev–Trinajstić information content (AvgIpc) is 2.85. The van der Waals surface area contributed by atoms with E-state index in [2.05, 4.69) is 65.6 Å². The van der Waals surface area contributed by atoms with Gasteiger partial charge in [-0.15, -0.1) is 0 Å². The zero-order valence-corrected chi connectivity index (χ0v) is 18.1. The zero-order chi connectivity index (χ0) is 21.0. The van der Waals surface area contributed by atoms with E-state index in [1.807, 2.05) is 30.3 Å². The molecule has 0 unspecified atom stereocenters. The number of piperidine rings is 1. The molecular weight excluding hydrogens is 378 g/mol. The summed E-state index contributed by atoms with van der Waals surface area (Å²) in [6, 6.07) is 32.1. The monoisotopic (exact) mass is 409 g/mol. The molecule has 0 radical (unpaired) electrons. The quantitative estimate of drug-likeness (QED) is 0.458. The fourth-order valence-corrected chi connectivity index (χ4v) is 6.03. The van der Waals surface area contributed by atoms with Gasteiger partial charge in [0.2, 0.25) is 0 Å². The van der Waals surface area contributed by atoms with E-state index in [0.29, 0.717) is 23.7 Å². The molecule has 1 heterocycles. The minimum Gasteiger partial charge on any atom is -0.295 e. The Bertz CT molecular complexity index is 985. The molecule has 3 aromatic rings. The summed E-state index contributed by atoms with van der Waals surface area (Å²) in [5, 5.41) is 0. The van der Waals surface area contributed by atoms with Gasteiger partial charge in [0.05, 0.1) is 0 Å². The lowest BCUT2D eigenvalue weighted by Crippen LogP contribution is -2.54. The number of carbonyl (C=O) groups excluding carboxylic acids is 1. The molecule has 0 amide bonds. The third-order valence-electron chi connectivity index (χ3n) is 7.38. The van der Waals surface area contributed by atoms with Crippen molar-refractivity contribution < 1.29 is 4.79 Å². The van der Waals surface area contributed by atoms with Crippen LogP contribution in [-0.2, 0) is 6.54 Å². The van der Waals surface area contributed by atoms with Crippen molar-refractivity contribution in [2.75, 3.05) is 6.54 Å². The van der Waals surface area contributed by atoms with Crippen LogP contribution >= 0.6 is 0 Å². The van der Waals surface area contributed by atoms with Gasteiger partial charge in [-0.25, -0.2) is 0 Å². The number of fused-ring (bicyclic) bond motifs is 1. The second-order valence-corrected chi connectivity index (χ2v) is 9.20. The van der Waals surface area contributed by atoms with Gasteiger partial charge >= 0.3 is 0 Å². The highest BCUT2D eigenvalue weighted by molar-refractivity contribution is 5.98. The van der Waals surface area contributed by atoms with E-state index in [4.69, 9.17) is 0 Å². The maximum atomic E-state index is 13.8. The number of hydrogen-bond donors (Lipinski definition) is 0. The molecule has 31 heavy (non-hydrogen) atoms. The predicted molar refractivity (Wildman–Crippen MR) is 126 cm³/mol. The van der Waals surface area contributed by atoms with E-state index < -0.39 is 0 Å². The number of rotatable bonds is 5. The molecule has 0 spiro atoms. The Kier molecular flexibility index (Phi) is 5.99. The highest BCUT2D eigenvalue weighted by Crippen LogP contribution is 2.48. The van der Waals surface area contributed by atoms with Crippen LogP contribution in [0.25, 0.3) is 0 Å². The number of likely N-dealkylation sites (tertiary alicyclic amines) is 1. The highest BCUT2D eigenvalue weighted by atomic mass is 16.1. The van der Waals surface area contributed by atoms with Crippen molar-refractivity contribution in [1.82, 2.24) is 4.90 Å². The Morgan fingerprint density at radius 3 is 2.10 bits per heavy atom. The topological polar surface area (TPSA) is 20.3 Å². The molecule has 2 heteroatoms. The average molecular weight is 410 g/mol. The van der Waals surface area contributed by atoms with Gasteiger partial charge in [-0.2, -0.15) is 0 Å². The van der Waals surface area contributed by atoms with Crippen LogP contribution in [0.1, 0.15) is 53.1 Å². The fourth-order valence-electron chi connectivity index (χ4n) is 6.03. The number of ketones is 1. The van der Waals surface area contributed by atoms with Crippen LogP contribution < -0.4 is 0 Å². The normalized spacial score (nSPS) is 26.2. The third kappa shape index (κ3) is 4.22. The minimum atomic E-state index is -0.00661. The lowest BCUT2D eigenvalue weighted by atomic mass is 9.63. The van der Waals surface area contributed by atoms with E-state index in [0.717, 1.165) is 18.7 Å². The van der Waals surface area contributed by atoms with Crippen molar-refractivity contribution in [3.63, 3.8) is 0 Å². The second-order valence-electron chi connectivity index (χ2n) is 9.20. The van der Waals surface area contributed by atoms with E-state index >= 15 is 0 Å². The summed E-state index contributed by atoms with van der Waals surface area (Å²) >= 11 is 0. The van der Waals surface area contributed by atoms with Crippen molar-refractivity contribution in [1.29, 1.82) is 0 Å². The minimum absolute atomic E-state index is 0.00661. The molecule has 2 fully saturated rings. The Morgan fingerprint density at radius 1 is 0.774 bits per heavy atom. The Morgan fingerprint density at radius 2 is 1.39 bits per heavy atom. The van der Waals surface area contributed by atoms with Gasteiger partial charge in [0.25, 0.3) is 0 Å². The molecule has 0 aromatic heterocycles. The lowest BCUT2D eigenvalue weighted by molar-refractivity contribution is 0.00725. The molecule has 1 saturated heterocycles. The summed E-state index contributed by atoms with van der Waals surface area (Å²) in [4.78, 5) is 16.5. The van der Waals surface area contributed by atoms with Gasteiger partial charge in [0.15, 0.2) is 5.78 Å². The molecular formula is C29H31NO. The van der Waals surface area contributed by atoms with Crippen molar-refractivity contribution in [3.8, 4) is 0 Å². The Hall–Kier alpha value is -2.71. The van der Waals surface area contributed by atoms with Crippen molar-refractivity contribution >= 4 is 5.78 Å². The number of benzene rings is 3. The Labute approximate surface area is 185 Å². The third-order valence-corrected chi connectivity index (χ3v) is 7.38. The van der Waals surface area contributed by atoms with Crippen molar-refractivity contribution in [2.24, 2.45) is 11.8 Å². The van der Waals surface area contributed by atoms with Gasteiger partial charge in [0.1, 0.15) is 0 Å². The van der Waals surface area contributed by atoms with Crippen LogP contribution in [0, 0.1) is 11.8 Å². The first-order valence-corrected chi connectivity index (χ1v) is 11.7. The molecule has 5 rings (SSSR count).